The van der Waals surface area contributed by atoms with Crippen LogP contribution in [0.1, 0.15) is 45.4 Å². The smallest absolute Gasteiger partial charge is 0.339 e. The summed E-state index contributed by atoms with van der Waals surface area (Å²) in [5.41, 5.74) is 4.65. The summed E-state index contributed by atoms with van der Waals surface area (Å²) < 4.78 is 16.2. The lowest BCUT2D eigenvalue weighted by Gasteiger charge is -2.15. The van der Waals surface area contributed by atoms with Crippen LogP contribution in [0.4, 0.5) is 5.69 Å². The molecule has 0 saturated carbocycles. The van der Waals surface area contributed by atoms with Gasteiger partial charge >= 0.3 is 5.97 Å². The Kier molecular flexibility index (Phi) is 6.74. The van der Waals surface area contributed by atoms with Gasteiger partial charge < -0.3 is 19.3 Å². The van der Waals surface area contributed by atoms with Gasteiger partial charge in [-0.15, -0.1) is 0 Å². The van der Waals surface area contributed by atoms with E-state index in [9.17, 15) is 9.59 Å². The molecule has 0 aliphatic heterocycles. The Balaban J connectivity index is 1.60. The zero-order valence-corrected chi connectivity index (χ0v) is 18.3. The van der Waals surface area contributed by atoms with Gasteiger partial charge in [0.2, 0.25) is 0 Å². The fourth-order valence-electron chi connectivity index (χ4n) is 3.05. The third kappa shape index (κ3) is 5.51. The lowest BCUT2D eigenvalue weighted by Crippen LogP contribution is -2.30. The number of nitrogens with one attached hydrogen (secondary N) is 1. The zero-order valence-electron chi connectivity index (χ0n) is 18.3. The third-order valence-electron chi connectivity index (χ3n) is 4.93. The van der Waals surface area contributed by atoms with Gasteiger partial charge in [-0.2, -0.15) is 0 Å². The Bertz CT molecular complexity index is 1080. The summed E-state index contributed by atoms with van der Waals surface area (Å²) in [6.07, 6.45) is -0.958. The molecule has 1 amide bonds. The minimum absolute atomic E-state index is 0.272. The molecule has 162 valence electrons. The molecule has 1 heterocycles. The molecule has 3 rings (SSSR count). The Morgan fingerprint density at radius 3 is 2.55 bits per heavy atom. The Hall–Kier alpha value is -3.61. The van der Waals surface area contributed by atoms with Gasteiger partial charge in [-0.3, -0.25) is 4.79 Å². The van der Waals surface area contributed by atoms with E-state index in [0.717, 1.165) is 22.4 Å². The highest BCUT2D eigenvalue weighted by molar-refractivity contribution is 5.97. The van der Waals surface area contributed by atoms with E-state index in [0.29, 0.717) is 22.8 Å². The number of anilines is 1. The molecule has 1 unspecified atom stereocenters. The number of aryl methyl sites for hydroxylation is 4. The maximum absolute atomic E-state index is 12.5. The van der Waals surface area contributed by atoms with Crippen LogP contribution in [0.25, 0.3) is 0 Å². The van der Waals surface area contributed by atoms with Crippen molar-refractivity contribution in [2.24, 2.45) is 0 Å². The van der Waals surface area contributed by atoms with Gasteiger partial charge in [-0.05, 0) is 64.4 Å². The largest absolute Gasteiger partial charge is 0.489 e. The number of hydrogen-bond acceptors (Lipinski definition) is 6. The van der Waals surface area contributed by atoms with Crippen LogP contribution < -0.4 is 10.1 Å². The Morgan fingerprint density at radius 2 is 1.87 bits per heavy atom. The average Bonchev–Trinajstić information content (AvgIpc) is 3.06. The van der Waals surface area contributed by atoms with Crippen molar-refractivity contribution in [3.05, 3.63) is 76.2 Å². The molecule has 1 atom stereocenters. The third-order valence-corrected chi connectivity index (χ3v) is 4.93. The maximum Gasteiger partial charge on any atom is 0.339 e. The van der Waals surface area contributed by atoms with Crippen molar-refractivity contribution >= 4 is 17.6 Å². The molecule has 0 spiro atoms. The number of aromatic nitrogens is 1. The van der Waals surface area contributed by atoms with E-state index in [1.165, 1.54) is 6.92 Å². The summed E-state index contributed by atoms with van der Waals surface area (Å²) in [5, 5.41) is 6.69. The molecular weight excluding hydrogens is 396 g/mol. The summed E-state index contributed by atoms with van der Waals surface area (Å²) in [6, 6.07) is 12.3. The zero-order chi connectivity index (χ0) is 22.5. The van der Waals surface area contributed by atoms with Gasteiger partial charge in [0.1, 0.15) is 18.1 Å². The van der Waals surface area contributed by atoms with E-state index in [4.69, 9.17) is 14.0 Å². The van der Waals surface area contributed by atoms with Crippen LogP contribution in [0.15, 0.2) is 47.0 Å². The van der Waals surface area contributed by atoms with Crippen LogP contribution >= 0.6 is 0 Å². The summed E-state index contributed by atoms with van der Waals surface area (Å²) in [7, 11) is 0. The summed E-state index contributed by atoms with van der Waals surface area (Å²) in [5.74, 6) is 0.190. The van der Waals surface area contributed by atoms with Crippen LogP contribution in [0, 0.1) is 27.7 Å². The SMILES string of the molecule is Cc1ccc(NC(=O)C(C)OC(=O)c2cccc(OCc3c(C)noc3C)c2)c(C)c1. The molecule has 3 aromatic rings. The minimum atomic E-state index is -0.958. The quantitative estimate of drug-likeness (QED) is 0.557. The molecule has 7 nitrogen and oxygen atoms in total. The molecule has 0 aliphatic carbocycles. The van der Waals surface area contributed by atoms with Gasteiger partial charge in [0, 0.05) is 5.69 Å². The van der Waals surface area contributed by atoms with Crippen molar-refractivity contribution in [3.8, 4) is 5.75 Å². The Morgan fingerprint density at radius 1 is 1.10 bits per heavy atom. The monoisotopic (exact) mass is 422 g/mol. The highest BCUT2D eigenvalue weighted by Gasteiger charge is 2.20. The summed E-state index contributed by atoms with van der Waals surface area (Å²) in [4.78, 5) is 25.0. The van der Waals surface area contributed by atoms with Gasteiger partial charge in [0.05, 0.1) is 16.8 Å². The topological polar surface area (TPSA) is 90.7 Å². The molecule has 31 heavy (non-hydrogen) atoms. The van der Waals surface area contributed by atoms with Crippen LogP contribution in [-0.4, -0.2) is 23.1 Å². The van der Waals surface area contributed by atoms with Crippen molar-refractivity contribution < 1.29 is 23.6 Å². The molecule has 0 radical (unpaired) electrons. The second kappa shape index (κ2) is 9.47. The second-order valence-corrected chi connectivity index (χ2v) is 7.47. The van der Waals surface area contributed by atoms with Gasteiger partial charge in [0.15, 0.2) is 6.10 Å². The fraction of sp³-hybridized carbons (Fsp3) is 0.292. The predicted octanol–water partition coefficient (Wildman–Crippen LogP) is 4.67. The molecule has 7 heteroatoms. The second-order valence-electron chi connectivity index (χ2n) is 7.47. The van der Waals surface area contributed by atoms with E-state index in [1.54, 1.807) is 24.3 Å². The van der Waals surface area contributed by atoms with Crippen LogP contribution in [0.5, 0.6) is 5.75 Å². The number of carbonyl (C=O) groups is 2. The standard InChI is InChI=1S/C24H26N2O5/c1-14-9-10-22(15(2)11-14)25-23(27)18(5)30-24(28)19-7-6-8-20(12-19)29-13-21-16(3)26-31-17(21)4/h6-12,18H,13H2,1-5H3,(H,25,27). The highest BCUT2D eigenvalue weighted by Crippen LogP contribution is 2.20. The van der Waals surface area contributed by atoms with Gasteiger partial charge in [-0.25, -0.2) is 4.79 Å². The first-order valence-corrected chi connectivity index (χ1v) is 9.98. The lowest BCUT2D eigenvalue weighted by atomic mass is 10.1. The summed E-state index contributed by atoms with van der Waals surface area (Å²) in [6.45, 7) is 9.36. The van der Waals surface area contributed by atoms with Crippen LogP contribution in [-0.2, 0) is 16.1 Å². The normalized spacial score (nSPS) is 11.6. The fourth-order valence-corrected chi connectivity index (χ4v) is 3.05. The first-order chi connectivity index (χ1) is 14.7. The van der Waals surface area contributed by atoms with Crippen LogP contribution in [0.3, 0.4) is 0 Å². The highest BCUT2D eigenvalue weighted by atomic mass is 16.5. The molecule has 2 aromatic carbocycles. The number of carbonyl (C=O) groups excluding carboxylic acids is 2. The number of benzene rings is 2. The van der Waals surface area contributed by atoms with E-state index in [1.807, 2.05) is 45.9 Å². The average molecular weight is 422 g/mol. The van der Waals surface area contributed by atoms with Crippen molar-refractivity contribution in [2.45, 2.75) is 47.3 Å². The number of rotatable bonds is 7. The number of hydrogen-bond donors (Lipinski definition) is 1. The molecule has 0 fully saturated rings. The van der Waals surface area contributed by atoms with E-state index in [2.05, 4.69) is 10.5 Å². The summed E-state index contributed by atoms with van der Waals surface area (Å²) >= 11 is 0. The van der Waals surface area contributed by atoms with E-state index >= 15 is 0 Å². The lowest BCUT2D eigenvalue weighted by molar-refractivity contribution is -0.123. The number of nitrogens with zero attached hydrogens (tertiary/aromatic N) is 1. The van der Waals surface area contributed by atoms with Gasteiger partial charge in [0.25, 0.3) is 5.91 Å². The number of esters is 1. The van der Waals surface area contributed by atoms with Crippen molar-refractivity contribution in [1.29, 1.82) is 0 Å². The van der Waals surface area contributed by atoms with E-state index in [-0.39, 0.29) is 6.61 Å². The number of amides is 1. The van der Waals surface area contributed by atoms with Crippen LogP contribution in [0.2, 0.25) is 0 Å². The van der Waals surface area contributed by atoms with Crippen molar-refractivity contribution in [2.75, 3.05) is 5.32 Å². The first kappa shape index (κ1) is 22.1. The first-order valence-electron chi connectivity index (χ1n) is 9.98. The molecule has 0 saturated heterocycles. The Labute approximate surface area is 181 Å². The molecular formula is C24H26N2O5. The van der Waals surface area contributed by atoms with E-state index < -0.39 is 18.0 Å². The predicted molar refractivity (Wildman–Crippen MR) is 116 cm³/mol. The van der Waals surface area contributed by atoms with Gasteiger partial charge in [-0.1, -0.05) is 28.9 Å². The number of ether oxygens (including phenoxy) is 2. The van der Waals surface area contributed by atoms with Crippen molar-refractivity contribution in [3.63, 3.8) is 0 Å². The molecule has 1 aromatic heterocycles. The maximum atomic E-state index is 12.5. The van der Waals surface area contributed by atoms with Crippen molar-refractivity contribution in [1.82, 2.24) is 5.16 Å². The molecule has 1 N–H and O–H groups in total. The minimum Gasteiger partial charge on any atom is -0.489 e. The molecule has 0 bridgehead atoms. The molecule has 0 aliphatic rings.